The number of ether oxygens (including phenoxy) is 2. The molecule has 0 radical (unpaired) electrons. The lowest BCUT2D eigenvalue weighted by atomic mass is 9.45. The topological polar surface area (TPSA) is 267 Å². The molecule has 0 spiro atoms. The number of carbonyl (C=O) groups excluding carboxylic acids is 4. The summed E-state index contributed by atoms with van der Waals surface area (Å²) in [5.41, 5.74) is -0.265. The van der Waals surface area contributed by atoms with Crippen molar-refractivity contribution in [3.05, 3.63) is 95.1 Å². The molecule has 1 unspecified atom stereocenters. The van der Waals surface area contributed by atoms with Crippen LogP contribution < -0.4 is 10.6 Å². The van der Waals surface area contributed by atoms with Crippen molar-refractivity contribution in [1.29, 1.82) is 10.5 Å². The van der Waals surface area contributed by atoms with Crippen LogP contribution in [0.3, 0.4) is 0 Å². The van der Waals surface area contributed by atoms with Crippen LogP contribution in [0.1, 0.15) is 125 Å². The van der Waals surface area contributed by atoms with E-state index in [0.29, 0.717) is 56.3 Å². The molecule has 2 aromatic rings. The van der Waals surface area contributed by atoms with E-state index in [4.69, 9.17) is 28.8 Å². The Morgan fingerprint density at radius 3 is 1.76 bits per heavy atom. The molecule has 9 atom stereocenters. The first kappa shape index (κ1) is 70.5. The monoisotopic (exact) mass is 1240 g/mol. The minimum absolute atomic E-state index is 0.0442. The number of benzene rings is 2. The van der Waals surface area contributed by atoms with Crippen LogP contribution in [0.15, 0.2) is 84.0 Å². The second-order valence-corrected chi connectivity index (χ2v) is 27.6. The third kappa shape index (κ3) is 18.6. The summed E-state index contributed by atoms with van der Waals surface area (Å²) in [5, 5.41) is 60.7. The van der Waals surface area contributed by atoms with Gasteiger partial charge >= 0.3 is 33.5 Å². The number of halogens is 4. The van der Waals surface area contributed by atoms with Gasteiger partial charge in [0.15, 0.2) is 0 Å². The third-order valence-corrected chi connectivity index (χ3v) is 19.0. The van der Waals surface area contributed by atoms with E-state index in [-0.39, 0.29) is 80.4 Å². The minimum atomic E-state index is -2.79. The first-order valence-corrected chi connectivity index (χ1v) is 31.1. The molecular weight excluding hydrogens is 1160 g/mol. The van der Waals surface area contributed by atoms with Crippen LogP contribution in [0.5, 0.6) is 0 Å². The number of nitrogens with zero attached hydrogens (tertiary/aromatic N) is 5. The fraction of sp³-hybridized carbons (Fsp3) is 0.651. The van der Waals surface area contributed by atoms with Crippen LogP contribution in [0.4, 0.5) is 27.2 Å². The molecule has 89 heavy (non-hydrogen) atoms. The Bertz CT molecular complexity index is 2930. The van der Waals surface area contributed by atoms with E-state index in [0.717, 1.165) is 24.0 Å². The van der Waals surface area contributed by atoms with Gasteiger partial charge in [-0.2, -0.15) is 10.5 Å². The van der Waals surface area contributed by atoms with Gasteiger partial charge in [-0.3, -0.25) is 14.5 Å². The summed E-state index contributed by atoms with van der Waals surface area (Å²) in [6.45, 7) is 18.1. The first-order chi connectivity index (χ1) is 41.6. The highest BCUT2D eigenvalue weighted by atomic mass is 19.3. The standard InChI is InChI=1S/C34H45BF2N4O5.C25H32BF2N3O5.C4H11BO2/c1-31(2,41-14-12-34(36,37)21-41)17-23(19-38)29(42)40-13-11-25(20-40)44-30(43)39-27(15-22-9-7-6-8-10-22)35-45-28-26-16-24(32(26,3)4)18-33(28,5)46-35;1-24(2,19-8-10-25(27,28)14-19)13-18(15-29)22(32)31-11-9-20(16-31)36-23(33)30-21(26(34)35)12-17-6-4-3-5-7-17;1-4(2)3-5(6)7/h6-10,17,24-28H,11-16,18,20-21H2,1-5H3,(H,39,43);3-7,13,19-21,34-35H,8-12,14,16H2,1-2H3,(H,30,33);4,6-7H,3H2,1-2H3/t24-,25-,26+,27-,28-,33+;19?,20-,21-;/m00./s1. The fourth-order valence-corrected chi connectivity index (χ4v) is 13.6. The third-order valence-electron chi connectivity index (χ3n) is 19.0. The van der Waals surface area contributed by atoms with Gasteiger partial charge in [0.25, 0.3) is 17.7 Å². The number of allylic oxidation sites excluding steroid dienone is 1. The molecule has 2 aromatic carbocycles. The van der Waals surface area contributed by atoms with Gasteiger partial charge in [-0.05, 0) is 111 Å². The van der Waals surface area contributed by atoms with E-state index in [1.165, 1.54) is 22.0 Å². The van der Waals surface area contributed by atoms with Gasteiger partial charge in [0.1, 0.15) is 35.5 Å². The van der Waals surface area contributed by atoms with E-state index >= 15 is 0 Å². The Kier molecular flexibility index (Phi) is 23.0. The number of alkyl carbamates (subject to hydrolysis) is 2. The second kappa shape index (κ2) is 29.1. The van der Waals surface area contributed by atoms with Gasteiger partial charge in [0.05, 0.1) is 43.2 Å². The van der Waals surface area contributed by atoms with Crippen LogP contribution >= 0.6 is 0 Å². The van der Waals surface area contributed by atoms with Crippen LogP contribution in [-0.2, 0) is 41.2 Å². The van der Waals surface area contributed by atoms with E-state index < -0.39 is 104 Å². The molecule has 26 heteroatoms. The first-order valence-electron chi connectivity index (χ1n) is 31.1. The van der Waals surface area contributed by atoms with Crippen LogP contribution in [0.25, 0.3) is 0 Å². The number of likely N-dealkylation sites (tertiary alicyclic amines) is 3. The average molecular weight is 1240 g/mol. The van der Waals surface area contributed by atoms with E-state index in [9.17, 15) is 57.3 Å². The highest BCUT2D eigenvalue weighted by Crippen LogP contribution is 2.65. The van der Waals surface area contributed by atoms with Crippen molar-refractivity contribution >= 4 is 45.4 Å². The lowest BCUT2D eigenvalue weighted by molar-refractivity contribution is -0.185. The van der Waals surface area contributed by atoms with Crippen molar-refractivity contribution in [2.75, 3.05) is 39.3 Å². The average Bonchev–Trinajstić information content (AvgIpc) is 1.64. The Balaban J connectivity index is 0.000000235. The lowest BCUT2D eigenvalue weighted by Crippen LogP contribution is -2.63. The predicted molar refractivity (Wildman–Crippen MR) is 326 cm³/mol. The van der Waals surface area contributed by atoms with Gasteiger partial charge < -0.3 is 59.3 Å². The Hall–Kier alpha value is -5.99. The molecule has 2 bridgehead atoms. The summed E-state index contributed by atoms with van der Waals surface area (Å²) >= 11 is 0. The Labute approximate surface area is 521 Å². The number of amides is 4. The maximum atomic E-state index is 13.8. The number of hydrogen-bond donors (Lipinski definition) is 6. The van der Waals surface area contributed by atoms with Gasteiger partial charge in [-0.1, -0.05) is 108 Å². The molecule has 4 saturated carbocycles. The summed E-state index contributed by atoms with van der Waals surface area (Å²) in [6.07, 6.45) is 3.81. The molecule has 4 aliphatic carbocycles. The number of carbonyl (C=O) groups is 4. The van der Waals surface area contributed by atoms with Crippen LogP contribution in [0, 0.1) is 57.2 Å². The maximum absolute atomic E-state index is 13.8. The summed E-state index contributed by atoms with van der Waals surface area (Å²) < 4.78 is 79.4. The predicted octanol–water partition coefficient (Wildman–Crippen LogP) is 7.73. The summed E-state index contributed by atoms with van der Waals surface area (Å²) in [6, 6.07) is 22.7. The minimum Gasteiger partial charge on any atom is -0.444 e. The van der Waals surface area contributed by atoms with E-state index in [2.05, 4.69) is 31.4 Å². The zero-order valence-corrected chi connectivity index (χ0v) is 52.7. The Morgan fingerprint density at radius 2 is 1.30 bits per heavy atom. The zero-order valence-electron chi connectivity index (χ0n) is 52.7. The number of rotatable bonds is 18. The molecule has 4 aliphatic heterocycles. The fourth-order valence-electron chi connectivity index (χ4n) is 13.6. The van der Waals surface area contributed by atoms with Crippen molar-refractivity contribution in [2.45, 2.75) is 186 Å². The van der Waals surface area contributed by atoms with Crippen molar-refractivity contribution in [3.63, 3.8) is 0 Å². The van der Waals surface area contributed by atoms with Crippen molar-refractivity contribution < 1.29 is 75.6 Å². The maximum Gasteiger partial charge on any atom is 0.482 e. The quantitative estimate of drug-likeness (QED) is 0.0361. The molecule has 6 N–H and O–H groups in total. The number of nitrogens with one attached hydrogen (secondary N) is 2. The normalized spacial score (nSPS) is 26.6. The number of hydrogen-bond acceptors (Lipinski definition) is 15. The van der Waals surface area contributed by atoms with Gasteiger partial charge in [0.2, 0.25) is 5.92 Å². The summed E-state index contributed by atoms with van der Waals surface area (Å²) in [5.74, 6) is -7.00. The lowest BCUT2D eigenvalue weighted by Gasteiger charge is -2.63. The highest BCUT2D eigenvalue weighted by Gasteiger charge is 2.67. The molecule has 4 amide bonds. The molecule has 4 heterocycles. The molecule has 10 rings (SSSR count). The number of alkyl halides is 4. The van der Waals surface area contributed by atoms with Crippen molar-refractivity contribution in [1.82, 2.24) is 25.3 Å². The van der Waals surface area contributed by atoms with Crippen molar-refractivity contribution in [3.8, 4) is 12.1 Å². The van der Waals surface area contributed by atoms with Gasteiger partial charge in [-0.15, -0.1) is 0 Å². The van der Waals surface area contributed by atoms with Gasteiger partial charge in [0, 0.05) is 57.3 Å². The zero-order chi connectivity index (χ0) is 65.4. The van der Waals surface area contributed by atoms with Gasteiger partial charge in [-0.25, -0.2) is 27.2 Å². The molecular formula is C63H88B3F4N7O12. The molecule has 8 fully saturated rings. The van der Waals surface area contributed by atoms with E-state index in [1.54, 1.807) is 56.9 Å². The SMILES string of the molecule is CC(C)(C=C(C#N)C(=O)N1CC[C@H](OC(=O)N[C@@H](Cc2ccccc2)B(O)O)C1)C1CCC(F)(F)C1.CC(C)CB(O)O.CC1(C)[C@H]2C[C@@H]1[C@@H]1OB([C@H](Cc3ccccc3)NC(=O)O[C@H]3CCN(C(=O)C(C#N)=CC(C)(C)N4CCC(F)(F)C4)C3)O[C@]1(C)C2. The van der Waals surface area contributed by atoms with E-state index in [1.807, 2.05) is 62.4 Å². The van der Waals surface area contributed by atoms with Crippen LogP contribution in [-0.4, -0.2) is 173 Å². The highest BCUT2D eigenvalue weighted by molar-refractivity contribution is 6.48. The summed E-state index contributed by atoms with van der Waals surface area (Å²) in [7, 11) is -3.56. The molecule has 8 aliphatic rings. The smallest absolute Gasteiger partial charge is 0.444 e. The largest absolute Gasteiger partial charge is 0.482 e. The van der Waals surface area contributed by atoms with Crippen molar-refractivity contribution in [2.24, 2.45) is 34.5 Å². The van der Waals surface area contributed by atoms with Crippen LogP contribution in [0.2, 0.25) is 6.32 Å². The second-order valence-electron chi connectivity index (χ2n) is 27.6. The molecule has 4 saturated heterocycles. The molecule has 19 nitrogen and oxygen atoms in total. The summed E-state index contributed by atoms with van der Waals surface area (Å²) in [4.78, 5) is 56.4. The Morgan fingerprint density at radius 1 is 0.764 bits per heavy atom. The number of nitriles is 2. The molecule has 484 valence electrons. The molecule has 0 aromatic heterocycles.